The molecule has 0 unspecified atom stereocenters. The number of ether oxygens (including phenoxy) is 2. The van der Waals surface area contributed by atoms with Crippen molar-refractivity contribution in [2.24, 2.45) is 5.10 Å². The molecule has 0 aliphatic carbocycles. The van der Waals surface area contributed by atoms with Crippen molar-refractivity contribution in [3.8, 4) is 11.5 Å². The fraction of sp³-hybridized carbons (Fsp3) is 0.192. The van der Waals surface area contributed by atoms with E-state index in [1.807, 2.05) is 50.2 Å². The van der Waals surface area contributed by atoms with Gasteiger partial charge in [0.25, 0.3) is 5.56 Å². The molecule has 4 aromatic rings. The van der Waals surface area contributed by atoms with Crippen molar-refractivity contribution in [1.82, 2.24) is 9.66 Å². The number of methoxy groups -OCH3 is 1. The van der Waals surface area contributed by atoms with E-state index < -0.39 is 0 Å². The first-order chi connectivity index (χ1) is 16.4. The molecule has 0 aliphatic heterocycles. The second kappa shape index (κ2) is 10.4. The summed E-state index contributed by atoms with van der Waals surface area (Å²) in [6.45, 7) is 4.30. The zero-order chi connectivity index (χ0) is 24.2. The highest BCUT2D eigenvalue weighted by Gasteiger charge is 2.14. The Balaban J connectivity index is 1.76. The van der Waals surface area contributed by atoms with Gasteiger partial charge in [-0.05, 0) is 36.8 Å². The predicted octanol–water partition coefficient (Wildman–Crippen LogP) is 6.15. The minimum Gasteiger partial charge on any atom is -0.493 e. The van der Waals surface area contributed by atoms with Gasteiger partial charge in [-0.2, -0.15) is 9.78 Å². The van der Waals surface area contributed by atoms with E-state index in [1.54, 1.807) is 31.5 Å². The van der Waals surface area contributed by atoms with Gasteiger partial charge >= 0.3 is 0 Å². The highest BCUT2D eigenvalue weighted by molar-refractivity contribution is 9.10. The van der Waals surface area contributed by atoms with Gasteiger partial charge in [-0.25, -0.2) is 4.98 Å². The van der Waals surface area contributed by atoms with E-state index in [4.69, 9.17) is 21.1 Å². The Morgan fingerprint density at radius 3 is 2.62 bits per heavy atom. The number of benzene rings is 3. The number of fused-ring (bicyclic) bond motifs is 1. The number of hydrogen-bond acceptors (Lipinski definition) is 5. The first kappa shape index (κ1) is 24.0. The molecule has 0 fully saturated rings. The molecule has 0 amide bonds. The highest BCUT2D eigenvalue weighted by atomic mass is 79.9. The second-order valence-corrected chi connectivity index (χ2v) is 9.06. The van der Waals surface area contributed by atoms with Crippen LogP contribution in [0.5, 0.6) is 11.5 Å². The summed E-state index contributed by atoms with van der Waals surface area (Å²) in [6.07, 6.45) is 2.08. The second-order valence-electron chi connectivity index (χ2n) is 7.71. The standard InChI is InChI=1S/C26H23BrClN3O3/c1-4-24-30-22-10-9-19(27)12-21(22)26(32)31(24)29-14-18-11-20(28)13-23(33-3)25(18)34-15-17-7-5-16(2)6-8-17/h5-14H,4,15H2,1-3H3. The molecule has 0 aliphatic rings. The lowest BCUT2D eigenvalue weighted by atomic mass is 10.1. The molecule has 0 saturated heterocycles. The maximum atomic E-state index is 13.2. The average molecular weight is 541 g/mol. The Kier molecular flexibility index (Phi) is 7.34. The van der Waals surface area contributed by atoms with Gasteiger partial charge in [0.05, 0.1) is 24.2 Å². The monoisotopic (exact) mass is 539 g/mol. The molecular weight excluding hydrogens is 518 g/mol. The molecule has 0 spiro atoms. The summed E-state index contributed by atoms with van der Waals surface area (Å²) in [4.78, 5) is 17.8. The number of halogens is 2. The van der Waals surface area contributed by atoms with E-state index in [0.717, 1.165) is 10.0 Å². The molecule has 8 heteroatoms. The predicted molar refractivity (Wildman–Crippen MR) is 140 cm³/mol. The van der Waals surface area contributed by atoms with Gasteiger partial charge < -0.3 is 9.47 Å². The summed E-state index contributed by atoms with van der Waals surface area (Å²) < 4.78 is 13.7. The topological polar surface area (TPSA) is 65.7 Å². The summed E-state index contributed by atoms with van der Waals surface area (Å²) in [6, 6.07) is 16.9. The number of aromatic nitrogens is 2. The first-order valence-corrected chi connectivity index (χ1v) is 11.9. The van der Waals surface area contributed by atoms with Gasteiger partial charge in [-0.1, -0.05) is 64.3 Å². The average Bonchev–Trinajstić information content (AvgIpc) is 2.83. The summed E-state index contributed by atoms with van der Waals surface area (Å²) in [5.74, 6) is 1.51. The Hall–Kier alpha value is -3.16. The van der Waals surface area contributed by atoms with Gasteiger partial charge in [0.2, 0.25) is 0 Å². The van der Waals surface area contributed by atoms with Crippen LogP contribution < -0.4 is 15.0 Å². The van der Waals surface area contributed by atoms with Crippen LogP contribution >= 0.6 is 27.5 Å². The van der Waals surface area contributed by atoms with E-state index in [2.05, 4.69) is 26.0 Å². The van der Waals surface area contributed by atoms with Gasteiger partial charge in [0.1, 0.15) is 12.4 Å². The summed E-state index contributed by atoms with van der Waals surface area (Å²) in [5, 5.41) is 5.42. The third-order valence-corrected chi connectivity index (χ3v) is 5.99. The van der Waals surface area contributed by atoms with E-state index >= 15 is 0 Å². The van der Waals surface area contributed by atoms with Crippen molar-refractivity contribution in [2.45, 2.75) is 26.9 Å². The van der Waals surface area contributed by atoms with Gasteiger partial charge in [-0.3, -0.25) is 4.79 Å². The lowest BCUT2D eigenvalue weighted by Gasteiger charge is -2.14. The van der Waals surface area contributed by atoms with Crippen molar-refractivity contribution in [3.63, 3.8) is 0 Å². The van der Waals surface area contributed by atoms with E-state index in [-0.39, 0.29) is 5.56 Å². The molecule has 3 aromatic carbocycles. The number of hydrogen-bond donors (Lipinski definition) is 0. The lowest BCUT2D eigenvalue weighted by molar-refractivity contribution is 0.284. The summed E-state index contributed by atoms with van der Waals surface area (Å²) in [7, 11) is 1.55. The maximum Gasteiger partial charge on any atom is 0.282 e. The van der Waals surface area contributed by atoms with Crippen LogP contribution in [0.25, 0.3) is 10.9 Å². The Labute approximate surface area is 210 Å². The molecule has 34 heavy (non-hydrogen) atoms. The largest absolute Gasteiger partial charge is 0.493 e. The lowest BCUT2D eigenvalue weighted by Crippen LogP contribution is -2.22. The molecule has 0 saturated carbocycles. The molecule has 6 nitrogen and oxygen atoms in total. The fourth-order valence-electron chi connectivity index (χ4n) is 3.49. The molecule has 0 bridgehead atoms. The fourth-order valence-corrected chi connectivity index (χ4v) is 4.07. The smallest absolute Gasteiger partial charge is 0.282 e. The summed E-state index contributed by atoms with van der Waals surface area (Å²) in [5.41, 5.74) is 3.14. The van der Waals surface area contributed by atoms with Crippen molar-refractivity contribution in [1.29, 1.82) is 0 Å². The van der Waals surface area contributed by atoms with Crippen LogP contribution in [0, 0.1) is 6.92 Å². The number of rotatable bonds is 7. The third kappa shape index (κ3) is 5.16. The van der Waals surface area contributed by atoms with Crippen LogP contribution in [0.15, 0.2) is 69.0 Å². The van der Waals surface area contributed by atoms with E-state index in [0.29, 0.717) is 51.8 Å². The highest BCUT2D eigenvalue weighted by Crippen LogP contribution is 2.34. The van der Waals surface area contributed by atoms with Crippen LogP contribution in [0.2, 0.25) is 5.02 Å². The zero-order valence-corrected chi connectivity index (χ0v) is 21.4. The van der Waals surface area contributed by atoms with Crippen LogP contribution in [0.1, 0.15) is 29.4 Å². The Morgan fingerprint density at radius 2 is 1.91 bits per heavy atom. The quantitative estimate of drug-likeness (QED) is 0.264. The zero-order valence-electron chi connectivity index (χ0n) is 19.0. The van der Waals surface area contributed by atoms with Crippen LogP contribution in [0.3, 0.4) is 0 Å². The molecule has 0 radical (unpaired) electrons. The van der Waals surface area contributed by atoms with Crippen molar-refractivity contribution in [2.75, 3.05) is 7.11 Å². The van der Waals surface area contributed by atoms with Crippen LogP contribution in [-0.2, 0) is 13.0 Å². The van der Waals surface area contributed by atoms with Crippen molar-refractivity contribution < 1.29 is 9.47 Å². The molecule has 174 valence electrons. The Morgan fingerprint density at radius 1 is 1.15 bits per heavy atom. The van der Waals surface area contributed by atoms with Gasteiger partial charge in [-0.15, -0.1) is 0 Å². The maximum absolute atomic E-state index is 13.2. The molecule has 1 aromatic heterocycles. The van der Waals surface area contributed by atoms with Gasteiger partial charge in [0, 0.05) is 27.5 Å². The normalized spacial score (nSPS) is 11.3. The van der Waals surface area contributed by atoms with E-state index in [1.165, 1.54) is 10.2 Å². The number of aryl methyl sites for hydroxylation is 2. The van der Waals surface area contributed by atoms with E-state index in [9.17, 15) is 4.79 Å². The summed E-state index contributed by atoms with van der Waals surface area (Å²) >= 11 is 9.74. The first-order valence-electron chi connectivity index (χ1n) is 10.7. The van der Waals surface area contributed by atoms with Crippen LogP contribution in [0.4, 0.5) is 0 Å². The third-order valence-electron chi connectivity index (χ3n) is 5.28. The van der Waals surface area contributed by atoms with Crippen molar-refractivity contribution >= 4 is 44.6 Å². The molecule has 0 N–H and O–H groups in total. The molecule has 1 heterocycles. The minimum atomic E-state index is -0.254. The minimum absolute atomic E-state index is 0.254. The number of nitrogens with zero attached hydrogens (tertiary/aromatic N) is 3. The van der Waals surface area contributed by atoms with Crippen molar-refractivity contribution in [3.05, 3.63) is 97.0 Å². The van der Waals surface area contributed by atoms with Gasteiger partial charge in [0.15, 0.2) is 11.5 Å². The van der Waals surface area contributed by atoms with Crippen LogP contribution in [-0.4, -0.2) is 23.0 Å². The Bertz CT molecular complexity index is 1430. The molecule has 4 rings (SSSR count). The molecular formula is C26H23BrClN3O3. The molecule has 0 atom stereocenters. The SMILES string of the molecule is CCc1nc2ccc(Br)cc2c(=O)n1N=Cc1cc(Cl)cc(OC)c1OCc1ccc(C)cc1.